The fraction of sp³-hybridized carbons (Fsp3) is 0.125. The maximum absolute atomic E-state index is 11.9. The lowest BCUT2D eigenvalue weighted by Crippen LogP contribution is -1.68. The normalized spacial score (nSPS) is 11.5. The van der Waals surface area contributed by atoms with Crippen LogP contribution in [0.4, 0.5) is 4.39 Å². The van der Waals surface area contributed by atoms with Crippen molar-refractivity contribution in [3.05, 3.63) is 36.2 Å². The summed E-state index contributed by atoms with van der Waals surface area (Å²) in [5.74, 6) is -0.547. The van der Waals surface area contributed by atoms with E-state index in [1.54, 1.807) is 13.0 Å². The predicted octanol–water partition coefficient (Wildman–Crippen LogP) is 2.50. The summed E-state index contributed by atoms with van der Waals surface area (Å²) in [5, 5.41) is 8.32. The molecule has 0 bridgehead atoms. The molecule has 0 unspecified atom stereocenters. The number of nitriles is 1. The van der Waals surface area contributed by atoms with Gasteiger partial charge in [0.15, 0.2) is 0 Å². The molecule has 0 N–H and O–H groups in total. The zero-order valence-electron chi connectivity index (χ0n) is 5.76. The Labute approximate surface area is 59.8 Å². The van der Waals surface area contributed by atoms with Gasteiger partial charge in [0.1, 0.15) is 5.83 Å². The zero-order valence-corrected chi connectivity index (χ0v) is 5.76. The second-order valence-corrected chi connectivity index (χ2v) is 1.64. The van der Waals surface area contributed by atoms with Gasteiger partial charge in [0, 0.05) is 5.57 Å². The number of allylic oxidation sites excluding steroid dienone is 5. The van der Waals surface area contributed by atoms with Gasteiger partial charge in [-0.25, -0.2) is 4.39 Å². The highest BCUT2D eigenvalue weighted by molar-refractivity contribution is 5.34. The molecule has 0 aromatic rings. The molecule has 0 amide bonds. The Morgan fingerprint density at radius 3 is 2.50 bits per heavy atom. The van der Waals surface area contributed by atoms with Gasteiger partial charge in [-0.15, -0.1) is 0 Å². The summed E-state index contributed by atoms with van der Waals surface area (Å²) in [4.78, 5) is 0. The first-order chi connectivity index (χ1) is 4.70. The van der Waals surface area contributed by atoms with Crippen LogP contribution in [0.3, 0.4) is 0 Å². The standard InChI is InChI=1S/C8H8FN/c1-3-8(6-10)5-4-7(2)9/h3-5H,2H2,1H3. The minimum atomic E-state index is -0.547. The van der Waals surface area contributed by atoms with E-state index in [-0.39, 0.29) is 0 Å². The van der Waals surface area contributed by atoms with Crippen molar-refractivity contribution in [1.29, 1.82) is 5.26 Å². The smallest absolute Gasteiger partial charge is 0.116 e. The third kappa shape index (κ3) is 3.62. The topological polar surface area (TPSA) is 23.8 Å². The molecule has 0 saturated heterocycles. The molecule has 0 aromatic carbocycles. The molecule has 52 valence electrons. The van der Waals surface area contributed by atoms with Crippen LogP contribution in [0.1, 0.15) is 6.92 Å². The van der Waals surface area contributed by atoms with Gasteiger partial charge < -0.3 is 0 Å². The highest BCUT2D eigenvalue weighted by Crippen LogP contribution is 1.99. The van der Waals surface area contributed by atoms with E-state index in [1.807, 2.05) is 6.07 Å². The van der Waals surface area contributed by atoms with E-state index >= 15 is 0 Å². The number of nitrogens with zero attached hydrogens (tertiary/aromatic N) is 1. The second kappa shape index (κ2) is 4.51. The van der Waals surface area contributed by atoms with E-state index in [0.717, 1.165) is 6.08 Å². The molecule has 0 fully saturated rings. The number of hydrogen-bond donors (Lipinski definition) is 0. The van der Waals surface area contributed by atoms with Crippen LogP contribution >= 0.6 is 0 Å². The van der Waals surface area contributed by atoms with Gasteiger partial charge >= 0.3 is 0 Å². The highest BCUT2D eigenvalue weighted by Gasteiger charge is 1.84. The molecule has 0 aliphatic rings. The van der Waals surface area contributed by atoms with Crippen LogP contribution in [0.2, 0.25) is 0 Å². The summed E-state index contributed by atoms with van der Waals surface area (Å²) < 4.78 is 11.9. The van der Waals surface area contributed by atoms with E-state index in [2.05, 4.69) is 6.58 Å². The summed E-state index contributed by atoms with van der Waals surface area (Å²) in [6, 6.07) is 1.87. The third-order valence-electron chi connectivity index (χ3n) is 0.884. The van der Waals surface area contributed by atoms with E-state index in [1.165, 1.54) is 6.08 Å². The maximum atomic E-state index is 11.9. The van der Waals surface area contributed by atoms with Crippen molar-refractivity contribution in [2.75, 3.05) is 0 Å². The first kappa shape index (κ1) is 8.64. The molecule has 0 heterocycles. The Morgan fingerprint density at radius 2 is 2.20 bits per heavy atom. The van der Waals surface area contributed by atoms with Crippen LogP contribution in [0, 0.1) is 11.3 Å². The quantitative estimate of drug-likeness (QED) is 0.423. The molecule has 0 saturated carbocycles. The molecule has 1 nitrogen and oxygen atoms in total. The Kier molecular flexibility index (Phi) is 3.90. The highest BCUT2D eigenvalue weighted by atomic mass is 19.1. The van der Waals surface area contributed by atoms with Crippen molar-refractivity contribution in [3.63, 3.8) is 0 Å². The van der Waals surface area contributed by atoms with Gasteiger partial charge in [-0.1, -0.05) is 12.7 Å². The molecular formula is C8H8FN. The number of hydrogen-bond acceptors (Lipinski definition) is 1. The Bertz CT molecular complexity index is 218. The molecule has 2 heteroatoms. The molecular weight excluding hydrogens is 129 g/mol. The van der Waals surface area contributed by atoms with E-state index < -0.39 is 5.83 Å². The Morgan fingerprint density at radius 1 is 1.60 bits per heavy atom. The number of rotatable bonds is 2. The Hall–Kier alpha value is -1.36. The van der Waals surface area contributed by atoms with Crippen LogP contribution < -0.4 is 0 Å². The third-order valence-corrected chi connectivity index (χ3v) is 0.884. The SMILES string of the molecule is C=C(F)C=CC(C#N)=CC. The van der Waals surface area contributed by atoms with Gasteiger partial charge in [0.2, 0.25) is 0 Å². The minimum Gasteiger partial charge on any atom is -0.208 e. The van der Waals surface area contributed by atoms with Crippen LogP contribution in [-0.4, -0.2) is 0 Å². The van der Waals surface area contributed by atoms with Crippen molar-refractivity contribution in [1.82, 2.24) is 0 Å². The molecule has 0 aliphatic heterocycles. The van der Waals surface area contributed by atoms with Crippen LogP contribution in [0.25, 0.3) is 0 Å². The zero-order chi connectivity index (χ0) is 7.98. The monoisotopic (exact) mass is 137 g/mol. The lowest BCUT2D eigenvalue weighted by atomic mass is 10.2. The van der Waals surface area contributed by atoms with Gasteiger partial charge in [-0.2, -0.15) is 5.26 Å². The summed E-state index contributed by atoms with van der Waals surface area (Å²) in [7, 11) is 0. The summed E-state index contributed by atoms with van der Waals surface area (Å²) in [6.07, 6.45) is 4.13. The Balaban J connectivity index is 4.16. The van der Waals surface area contributed by atoms with Gasteiger partial charge in [-0.05, 0) is 19.1 Å². The van der Waals surface area contributed by atoms with Crippen molar-refractivity contribution in [2.24, 2.45) is 0 Å². The fourth-order valence-electron chi connectivity index (χ4n) is 0.378. The second-order valence-electron chi connectivity index (χ2n) is 1.64. The van der Waals surface area contributed by atoms with Gasteiger partial charge in [0.25, 0.3) is 0 Å². The van der Waals surface area contributed by atoms with Crippen molar-refractivity contribution in [2.45, 2.75) is 6.92 Å². The van der Waals surface area contributed by atoms with E-state index in [9.17, 15) is 4.39 Å². The van der Waals surface area contributed by atoms with Crippen molar-refractivity contribution < 1.29 is 4.39 Å². The molecule has 0 rings (SSSR count). The molecule has 0 atom stereocenters. The largest absolute Gasteiger partial charge is 0.208 e. The van der Waals surface area contributed by atoms with Gasteiger partial charge in [-0.3, -0.25) is 0 Å². The maximum Gasteiger partial charge on any atom is 0.116 e. The van der Waals surface area contributed by atoms with Crippen LogP contribution in [0.15, 0.2) is 36.2 Å². The predicted molar refractivity (Wildman–Crippen MR) is 38.8 cm³/mol. The molecule has 0 aromatic heterocycles. The first-order valence-corrected chi connectivity index (χ1v) is 2.79. The van der Waals surface area contributed by atoms with E-state index in [0.29, 0.717) is 5.57 Å². The first-order valence-electron chi connectivity index (χ1n) is 2.79. The average molecular weight is 137 g/mol. The van der Waals surface area contributed by atoms with Crippen LogP contribution in [0.5, 0.6) is 0 Å². The van der Waals surface area contributed by atoms with Crippen molar-refractivity contribution >= 4 is 0 Å². The van der Waals surface area contributed by atoms with Gasteiger partial charge in [0.05, 0.1) is 6.07 Å². The summed E-state index contributed by atoms with van der Waals surface area (Å²) in [6.45, 7) is 4.72. The fourth-order valence-corrected chi connectivity index (χ4v) is 0.378. The lowest BCUT2D eigenvalue weighted by Gasteiger charge is -1.82. The molecule has 10 heavy (non-hydrogen) atoms. The average Bonchev–Trinajstić information content (AvgIpc) is 1.90. The van der Waals surface area contributed by atoms with E-state index in [4.69, 9.17) is 5.26 Å². The molecule has 0 radical (unpaired) electrons. The minimum absolute atomic E-state index is 0.429. The van der Waals surface area contributed by atoms with Crippen molar-refractivity contribution in [3.8, 4) is 6.07 Å². The number of halogens is 1. The van der Waals surface area contributed by atoms with Crippen LogP contribution in [-0.2, 0) is 0 Å². The molecule has 0 spiro atoms. The summed E-state index contributed by atoms with van der Waals surface area (Å²) in [5.41, 5.74) is 0.429. The summed E-state index contributed by atoms with van der Waals surface area (Å²) >= 11 is 0. The lowest BCUT2D eigenvalue weighted by molar-refractivity contribution is 0.671. The molecule has 0 aliphatic carbocycles.